The number of hydrogen-bond donors (Lipinski definition) is 1. The lowest BCUT2D eigenvalue weighted by Crippen LogP contribution is -2.52. The molecule has 0 aliphatic carbocycles. The van der Waals surface area contributed by atoms with Crippen molar-refractivity contribution in [2.45, 2.75) is 44.6 Å². The third-order valence-corrected chi connectivity index (χ3v) is 3.83. The molecule has 1 aromatic rings. The molecule has 0 aromatic heterocycles. The Balaban J connectivity index is 2.32. The molecule has 0 spiro atoms. The van der Waals surface area contributed by atoms with Crippen LogP contribution < -0.4 is 5.32 Å². The molecule has 1 N–H and O–H groups in total. The molecule has 1 aliphatic rings. The molecule has 2 atom stereocenters. The van der Waals surface area contributed by atoms with Gasteiger partial charge in [0, 0.05) is 5.54 Å². The van der Waals surface area contributed by atoms with Gasteiger partial charge in [-0.1, -0.05) is 36.8 Å². The minimum Gasteiger partial charge on any atom is -0.310 e. The van der Waals surface area contributed by atoms with E-state index in [2.05, 4.69) is 24.4 Å². The van der Waals surface area contributed by atoms with Crippen molar-refractivity contribution in [3.63, 3.8) is 0 Å². The van der Waals surface area contributed by atoms with Gasteiger partial charge in [0.2, 0.25) is 0 Å². The van der Waals surface area contributed by atoms with Crippen LogP contribution in [0.2, 0.25) is 0 Å². The number of benzene rings is 1. The lowest BCUT2D eigenvalue weighted by Gasteiger charge is -2.41. The second-order valence-corrected chi connectivity index (χ2v) is 5.26. The molecule has 1 fully saturated rings. The SMILES string of the molecule is CC(=O)C(c1ccccc1)C1(C)CCCCN1. The molecule has 0 radical (unpaired) electrons. The number of ketones is 1. The van der Waals surface area contributed by atoms with Crippen LogP contribution >= 0.6 is 0 Å². The lowest BCUT2D eigenvalue weighted by atomic mass is 9.74. The summed E-state index contributed by atoms with van der Waals surface area (Å²) in [6.07, 6.45) is 3.50. The first-order valence-corrected chi connectivity index (χ1v) is 6.44. The normalized spacial score (nSPS) is 26.5. The van der Waals surface area contributed by atoms with Crippen molar-refractivity contribution in [2.75, 3.05) is 6.54 Å². The average Bonchev–Trinajstić information content (AvgIpc) is 2.30. The second kappa shape index (κ2) is 5.01. The van der Waals surface area contributed by atoms with Crippen LogP contribution in [-0.4, -0.2) is 17.9 Å². The van der Waals surface area contributed by atoms with Gasteiger partial charge < -0.3 is 5.32 Å². The number of rotatable bonds is 3. The second-order valence-electron chi connectivity index (χ2n) is 5.26. The quantitative estimate of drug-likeness (QED) is 0.866. The molecule has 1 heterocycles. The minimum atomic E-state index is -0.0779. The van der Waals surface area contributed by atoms with Gasteiger partial charge in [0.05, 0.1) is 5.92 Å². The molecule has 2 unspecified atom stereocenters. The molecular formula is C15H21NO. The predicted molar refractivity (Wildman–Crippen MR) is 70.1 cm³/mol. The highest BCUT2D eigenvalue weighted by molar-refractivity contribution is 5.85. The number of hydrogen-bond acceptors (Lipinski definition) is 2. The maximum atomic E-state index is 12.0. The van der Waals surface area contributed by atoms with Crippen LogP contribution in [0.15, 0.2) is 30.3 Å². The van der Waals surface area contributed by atoms with Gasteiger partial charge in [0.25, 0.3) is 0 Å². The van der Waals surface area contributed by atoms with Crippen LogP contribution in [0, 0.1) is 0 Å². The summed E-state index contributed by atoms with van der Waals surface area (Å²) in [5.41, 5.74) is 1.06. The van der Waals surface area contributed by atoms with E-state index in [1.165, 1.54) is 12.8 Å². The average molecular weight is 231 g/mol. The summed E-state index contributed by atoms with van der Waals surface area (Å²) >= 11 is 0. The van der Waals surface area contributed by atoms with Crippen LogP contribution in [0.3, 0.4) is 0 Å². The molecule has 2 rings (SSSR count). The van der Waals surface area contributed by atoms with Crippen molar-refractivity contribution < 1.29 is 4.79 Å². The van der Waals surface area contributed by atoms with Crippen molar-refractivity contribution in [3.8, 4) is 0 Å². The van der Waals surface area contributed by atoms with E-state index < -0.39 is 0 Å². The highest BCUT2D eigenvalue weighted by atomic mass is 16.1. The summed E-state index contributed by atoms with van der Waals surface area (Å²) in [7, 11) is 0. The Morgan fingerprint density at radius 3 is 2.53 bits per heavy atom. The molecule has 0 amide bonds. The Morgan fingerprint density at radius 2 is 2.00 bits per heavy atom. The number of nitrogens with one attached hydrogen (secondary N) is 1. The molecule has 2 nitrogen and oxygen atoms in total. The van der Waals surface area contributed by atoms with Crippen molar-refractivity contribution in [3.05, 3.63) is 35.9 Å². The zero-order valence-corrected chi connectivity index (χ0v) is 10.7. The summed E-state index contributed by atoms with van der Waals surface area (Å²) in [5.74, 6) is 0.233. The molecule has 2 heteroatoms. The summed E-state index contributed by atoms with van der Waals surface area (Å²) in [4.78, 5) is 12.0. The third-order valence-electron chi connectivity index (χ3n) is 3.83. The summed E-state index contributed by atoms with van der Waals surface area (Å²) < 4.78 is 0. The predicted octanol–water partition coefficient (Wildman–Crippen LogP) is 2.89. The molecule has 92 valence electrons. The minimum absolute atomic E-state index is 0.0241. The fraction of sp³-hybridized carbons (Fsp3) is 0.533. The standard InChI is InChI=1S/C15H21NO/c1-12(17)14(13-8-4-3-5-9-13)15(2)10-6-7-11-16-15/h3-5,8-9,14,16H,6-7,10-11H2,1-2H3. The van der Waals surface area contributed by atoms with Gasteiger partial charge in [-0.3, -0.25) is 4.79 Å². The van der Waals surface area contributed by atoms with Crippen LogP contribution in [-0.2, 0) is 4.79 Å². The Kier molecular flexibility index (Phi) is 3.63. The van der Waals surface area contributed by atoms with E-state index in [-0.39, 0.29) is 17.2 Å². The van der Waals surface area contributed by atoms with Gasteiger partial charge in [-0.15, -0.1) is 0 Å². The van der Waals surface area contributed by atoms with E-state index in [4.69, 9.17) is 0 Å². The van der Waals surface area contributed by atoms with Gasteiger partial charge in [-0.05, 0) is 38.8 Å². The smallest absolute Gasteiger partial charge is 0.139 e. The molecule has 0 bridgehead atoms. The first kappa shape index (κ1) is 12.3. The van der Waals surface area contributed by atoms with Crippen LogP contribution in [0.25, 0.3) is 0 Å². The maximum Gasteiger partial charge on any atom is 0.139 e. The van der Waals surface area contributed by atoms with E-state index in [0.29, 0.717) is 0 Å². The van der Waals surface area contributed by atoms with E-state index in [0.717, 1.165) is 18.5 Å². The highest BCUT2D eigenvalue weighted by Gasteiger charge is 2.38. The Morgan fingerprint density at radius 1 is 1.29 bits per heavy atom. The zero-order valence-electron chi connectivity index (χ0n) is 10.7. The first-order valence-electron chi connectivity index (χ1n) is 6.44. The van der Waals surface area contributed by atoms with Crippen LogP contribution in [0.4, 0.5) is 0 Å². The van der Waals surface area contributed by atoms with Crippen LogP contribution in [0.5, 0.6) is 0 Å². The third kappa shape index (κ3) is 2.58. The van der Waals surface area contributed by atoms with E-state index >= 15 is 0 Å². The van der Waals surface area contributed by atoms with E-state index in [9.17, 15) is 4.79 Å². The van der Waals surface area contributed by atoms with Gasteiger partial charge in [-0.2, -0.15) is 0 Å². The van der Waals surface area contributed by atoms with Gasteiger partial charge in [0.15, 0.2) is 0 Å². The largest absolute Gasteiger partial charge is 0.310 e. The van der Waals surface area contributed by atoms with Crippen LogP contribution in [0.1, 0.15) is 44.6 Å². The Hall–Kier alpha value is -1.15. The Bertz CT molecular complexity index is 379. The number of Topliss-reactive ketones (excluding diaryl/α,β-unsaturated/α-hetero) is 1. The summed E-state index contributed by atoms with van der Waals surface area (Å²) in [6, 6.07) is 10.1. The fourth-order valence-corrected chi connectivity index (χ4v) is 3.02. The molecule has 1 aromatic carbocycles. The maximum absolute atomic E-state index is 12.0. The van der Waals surface area contributed by atoms with Gasteiger partial charge in [0.1, 0.15) is 5.78 Å². The highest BCUT2D eigenvalue weighted by Crippen LogP contribution is 2.35. The van der Waals surface area contributed by atoms with Crippen molar-refractivity contribution in [1.82, 2.24) is 5.32 Å². The number of piperidine rings is 1. The monoisotopic (exact) mass is 231 g/mol. The Labute approximate surface area is 103 Å². The van der Waals surface area contributed by atoms with Gasteiger partial charge >= 0.3 is 0 Å². The molecule has 17 heavy (non-hydrogen) atoms. The first-order chi connectivity index (χ1) is 8.13. The fourth-order valence-electron chi connectivity index (χ4n) is 3.02. The summed E-state index contributed by atoms with van der Waals surface area (Å²) in [6.45, 7) is 4.91. The van der Waals surface area contributed by atoms with Crippen molar-refractivity contribution >= 4 is 5.78 Å². The molecule has 1 aliphatic heterocycles. The zero-order chi connectivity index (χ0) is 12.3. The number of carbonyl (C=O) groups is 1. The van der Waals surface area contributed by atoms with E-state index in [1.54, 1.807) is 6.92 Å². The van der Waals surface area contributed by atoms with Gasteiger partial charge in [-0.25, -0.2) is 0 Å². The van der Waals surface area contributed by atoms with E-state index in [1.807, 2.05) is 18.2 Å². The topological polar surface area (TPSA) is 29.1 Å². The van der Waals surface area contributed by atoms with Crippen molar-refractivity contribution in [1.29, 1.82) is 0 Å². The lowest BCUT2D eigenvalue weighted by molar-refractivity contribution is -0.120. The number of carbonyl (C=O) groups excluding carboxylic acids is 1. The summed E-state index contributed by atoms with van der Waals surface area (Å²) in [5, 5.41) is 3.55. The molecular weight excluding hydrogens is 210 g/mol. The molecule has 1 saturated heterocycles. The molecule has 0 saturated carbocycles. The van der Waals surface area contributed by atoms with Crippen molar-refractivity contribution in [2.24, 2.45) is 0 Å².